The van der Waals surface area contributed by atoms with E-state index in [-0.39, 0.29) is 16.1 Å². The molecule has 0 N–H and O–H groups in total. The molecule has 1 aromatic rings. The van der Waals surface area contributed by atoms with Crippen LogP contribution in [0.3, 0.4) is 0 Å². The van der Waals surface area contributed by atoms with Crippen LogP contribution >= 0.6 is 11.6 Å². The third kappa shape index (κ3) is 2.00. The van der Waals surface area contributed by atoms with Gasteiger partial charge < -0.3 is 4.74 Å². The molecule has 1 aliphatic heterocycles. The number of alkyl halides is 3. The SMILES string of the molecule is CC(=O)C1(C(F)(F)F)Cc2cccc(Cl)c2C(=O)O1. The number of fused-ring (bicyclic) bond motifs is 1. The normalized spacial score (nSPS) is 22.7. The summed E-state index contributed by atoms with van der Waals surface area (Å²) < 4.78 is 43.7. The Balaban J connectivity index is 2.62. The summed E-state index contributed by atoms with van der Waals surface area (Å²) in [5.74, 6) is -2.50. The lowest BCUT2D eigenvalue weighted by Crippen LogP contribution is -2.58. The zero-order chi connectivity index (χ0) is 14.4. The van der Waals surface area contributed by atoms with Gasteiger partial charge in [0.05, 0.1) is 10.6 Å². The minimum Gasteiger partial charge on any atom is -0.437 e. The van der Waals surface area contributed by atoms with Crippen LogP contribution in [0, 0.1) is 0 Å². The highest BCUT2D eigenvalue weighted by Gasteiger charge is 2.63. The molecule has 19 heavy (non-hydrogen) atoms. The van der Waals surface area contributed by atoms with E-state index in [9.17, 15) is 22.8 Å². The van der Waals surface area contributed by atoms with Gasteiger partial charge in [0.25, 0.3) is 5.60 Å². The molecule has 0 bridgehead atoms. The molecule has 0 aliphatic carbocycles. The summed E-state index contributed by atoms with van der Waals surface area (Å²) in [4.78, 5) is 23.1. The summed E-state index contributed by atoms with van der Waals surface area (Å²) in [6.07, 6.45) is -5.73. The topological polar surface area (TPSA) is 43.4 Å². The van der Waals surface area contributed by atoms with Gasteiger partial charge >= 0.3 is 12.1 Å². The molecular formula is C12H8ClF3O3. The summed E-state index contributed by atoms with van der Waals surface area (Å²) in [5.41, 5.74) is -3.19. The standard InChI is InChI=1S/C12H8ClF3O3/c1-6(17)11(12(14,15)16)5-7-3-2-4-8(13)9(7)10(18)19-11/h2-4H,5H2,1H3. The number of carbonyl (C=O) groups is 2. The maximum absolute atomic E-state index is 13.1. The number of halogens is 4. The first-order chi connectivity index (χ1) is 8.69. The Kier molecular flexibility index (Phi) is 3.09. The molecule has 7 heteroatoms. The van der Waals surface area contributed by atoms with E-state index in [1.54, 1.807) is 0 Å². The largest absolute Gasteiger partial charge is 0.437 e. The van der Waals surface area contributed by atoms with E-state index in [1.165, 1.54) is 18.2 Å². The first kappa shape index (κ1) is 13.9. The van der Waals surface area contributed by atoms with Gasteiger partial charge in [-0.15, -0.1) is 0 Å². The highest BCUT2D eigenvalue weighted by molar-refractivity contribution is 6.34. The van der Waals surface area contributed by atoms with Crippen molar-refractivity contribution in [1.82, 2.24) is 0 Å². The molecule has 3 nitrogen and oxygen atoms in total. The van der Waals surface area contributed by atoms with Crippen molar-refractivity contribution in [3.05, 3.63) is 34.3 Å². The van der Waals surface area contributed by atoms with Crippen molar-refractivity contribution in [2.75, 3.05) is 0 Å². The third-order valence-electron chi connectivity index (χ3n) is 3.04. The fraction of sp³-hybridized carbons (Fsp3) is 0.333. The van der Waals surface area contributed by atoms with Crippen molar-refractivity contribution in [1.29, 1.82) is 0 Å². The maximum atomic E-state index is 13.1. The van der Waals surface area contributed by atoms with E-state index < -0.39 is 30.0 Å². The van der Waals surface area contributed by atoms with Gasteiger partial charge in [-0.3, -0.25) is 4.79 Å². The van der Waals surface area contributed by atoms with Gasteiger partial charge in [0, 0.05) is 6.42 Å². The Bertz CT molecular complexity index is 568. The highest BCUT2D eigenvalue weighted by atomic mass is 35.5. The number of carbonyl (C=O) groups excluding carboxylic acids is 2. The molecule has 0 spiro atoms. The molecule has 0 saturated heterocycles. The van der Waals surface area contributed by atoms with Gasteiger partial charge in [0.1, 0.15) is 0 Å². The molecule has 0 saturated carbocycles. The molecule has 0 amide bonds. The summed E-state index contributed by atoms with van der Waals surface area (Å²) in [6, 6.07) is 4.11. The van der Waals surface area contributed by atoms with Crippen molar-refractivity contribution in [2.45, 2.75) is 25.1 Å². The molecule has 1 aromatic carbocycles. The molecule has 102 valence electrons. The van der Waals surface area contributed by atoms with Crippen LogP contribution in [-0.2, 0) is 16.0 Å². The lowest BCUT2D eigenvalue weighted by atomic mass is 9.85. The van der Waals surface area contributed by atoms with Crippen LogP contribution in [0.5, 0.6) is 0 Å². The zero-order valence-corrected chi connectivity index (χ0v) is 10.4. The van der Waals surface area contributed by atoms with E-state index in [1.807, 2.05) is 0 Å². The van der Waals surface area contributed by atoms with E-state index in [4.69, 9.17) is 11.6 Å². The summed E-state index contributed by atoms with van der Waals surface area (Å²) in [7, 11) is 0. The second-order valence-corrected chi connectivity index (χ2v) is 4.63. The molecule has 0 fully saturated rings. The van der Waals surface area contributed by atoms with Crippen LogP contribution in [0.2, 0.25) is 5.02 Å². The molecule has 0 aromatic heterocycles. The number of benzene rings is 1. The monoisotopic (exact) mass is 292 g/mol. The molecule has 1 unspecified atom stereocenters. The molecule has 0 radical (unpaired) electrons. The van der Waals surface area contributed by atoms with E-state index in [0.717, 1.165) is 6.92 Å². The molecule has 2 rings (SSSR count). The van der Waals surface area contributed by atoms with Crippen LogP contribution < -0.4 is 0 Å². The third-order valence-corrected chi connectivity index (χ3v) is 3.35. The number of ether oxygens (including phenoxy) is 1. The van der Waals surface area contributed by atoms with Gasteiger partial charge in [-0.1, -0.05) is 23.7 Å². The fourth-order valence-corrected chi connectivity index (χ4v) is 2.28. The molecule has 1 heterocycles. The second-order valence-electron chi connectivity index (χ2n) is 4.22. The number of Topliss-reactive ketones (excluding diaryl/α,β-unsaturated/α-hetero) is 1. The molecular weight excluding hydrogens is 285 g/mol. The number of cyclic esters (lactones) is 1. The Morgan fingerprint density at radius 3 is 2.58 bits per heavy atom. The molecule has 1 atom stereocenters. The number of esters is 1. The van der Waals surface area contributed by atoms with Crippen LogP contribution in [-0.4, -0.2) is 23.5 Å². The number of hydrogen-bond acceptors (Lipinski definition) is 3. The predicted molar refractivity (Wildman–Crippen MR) is 60.0 cm³/mol. The lowest BCUT2D eigenvalue weighted by molar-refractivity contribution is -0.250. The minimum absolute atomic E-state index is 0.00169. The molecule has 1 aliphatic rings. The van der Waals surface area contributed by atoms with Crippen LogP contribution in [0.1, 0.15) is 22.8 Å². The second kappa shape index (κ2) is 4.23. The van der Waals surface area contributed by atoms with Gasteiger partial charge in [-0.2, -0.15) is 13.2 Å². The Morgan fingerprint density at radius 2 is 2.05 bits per heavy atom. The average molecular weight is 293 g/mol. The first-order valence-corrected chi connectivity index (χ1v) is 5.65. The summed E-state index contributed by atoms with van der Waals surface area (Å²) >= 11 is 5.76. The summed E-state index contributed by atoms with van der Waals surface area (Å²) in [6.45, 7) is 0.746. The quantitative estimate of drug-likeness (QED) is 0.748. The van der Waals surface area contributed by atoms with Crippen molar-refractivity contribution < 1.29 is 27.5 Å². The Morgan fingerprint density at radius 1 is 1.42 bits per heavy atom. The summed E-state index contributed by atoms with van der Waals surface area (Å²) in [5, 5.41) is 0.00169. The number of hydrogen-bond donors (Lipinski definition) is 0. The Hall–Kier alpha value is -1.56. The minimum atomic E-state index is -4.98. The van der Waals surface area contributed by atoms with Crippen LogP contribution in [0.4, 0.5) is 13.2 Å². The van der Waals surface area contributed by atoms with E-state index >= 15 is 0 Å². The van der Waals surface area contributed by atoms with Crippen molar-refractivity contribution in [2.24, 2.45) is 0 Å². The van der Waals surface area contributed by atoms with Crippen molar-refractivity contribution in [3.8, 4) is 0 Å². The zero-order valence-electron chi connectivity index (χ0n) is 9.68. The average Bonchev–Trinajstić information content (AvgIpc) is 2.26. The van der Waals surface area contributed by atoms with Crippen LogP contribution in [0.25, 0.3) is 0 Å². The number of ketones is 1. The predicted octanol–water partition coefficient (Wildman–Crippen LogP) is 2.94. The van der Waals surface area contributed by atoms with Gasteiger partial charge in [-0.05, 0) is 18.6 Å². The van der Waals surface area contributed by atoms with Crippen molar-refractivity contribution in [3.63, 3.8) is 0 Å². The number of rotatable bonds is 1. The van der Waals surface area contributed by atoms with Gasteiger partial charge in [-0.25, -0.2) is 4.79 Å². The van der Waals surface area contributed by atoms with Crippen LogP contribution in [0.15, 0.2) is 18.2 Å². The van der Waals surface area contributed by atoms with Crippen molar-refractivity contribution >= 4 is 23.4 Å². The smallest absolute Gasteiger partial charge is 0.436 e. The first-order valence-electron chi connectivity index (χ1n) is 5.27. The lowest BCUT2D eigenvalue weighted by Gasteiger charge is -2.36. The highest BCUT2D eigenvalue weighted by Crippen LogP contribution is 2.42. The van der Waals surface area contributed by atoms with E-state index in [0.29, 0.717) is 0 Å². The van der Waals surface area contributed by atoms with Gasteiger partial charge in [0.15, 0.2) is 5.78 Å². The Labute approximate surface area is 111 Å². The fourth-order valence-electron chi connectivity index (χ4n) is 2.01. The van der Waals surface area contributed by atoms with Gasteiger partial charge in [0.2, 0.25) is 0 Å². The maximum Gasteiger partial charge on any atom is 0.436 e. The van der Waals surface area contributed by atoms with E-state index in [2.05, 4.69) is 4.74 Å².